The van der Waals surface area contributed by atoms with Crippen LogP contribution in [0, 0.1) is 13.8 Å². The molecular weight excluding hydrogens is 566 g/mol. The van der Waals surface area contributed by atoms with Gasteiger partial charge in [0.1, 0.15) is 0 Å². The lowest BCUT2D eigenvalue weighted by Gasteiger charge is -2.25. The molecule has 224 valence electrons. The topological polar surface area (TPSA) is 65.6 Å². The number of hydrogen-bond donors (Lipinski definition) is 0. The molecule has 0 amide bonds. The molecule has 0 N–H and O–H groups in total. The number of carbonyl (C=O) groups excluding carboxylic acids is 1. The normalized spacial score (nSPS) is 15.2. The third kappa shape index (κ3) is 5.26. The number of carbonyl (C=O) groups is 1. The minimum absolute atomic E-state index is 0.169. The fraction of sp³-hybridized carbons (Fsp3) is 0.270. The molecule has 0 saturated heterocycles. The van der Waals surface area contributed by atoms with Gasteiger partial charge in [-0.1, -0.05) is 91.4 Å². The van der Waals surface area contributed by atoms with Crippen molar-refractivity contribution < 1.29 is 9.53 Å². The van der Waals surface area contributed by atoms with E-state index >= 15 is 0 Å². The number of allylic oxidation sites excluding steroid dienone is 1. The van der Waals surface area contributed by atoms with E-state index in [2.05, 4.69) is 86.9 Å². The van der Waals surface area contributed by atoms with Crippen molar-refractivity contribution in [3.63, 3.8) is 0 Å². The minimum Gasteiger partial charge on any atom is -0.463 e. The minimum atomic E-state index is -0.628. The summed E-state index contributed by atoms with van der Waals surface area (Å²) in [4.78, 5) is 33.0. The van der Waals surface area contributed by atoms with Crippen LogP contribution >= 0.6 is 11.3 Å². The van der Waals surface area contributed by atoms with E-state index in [9.17, 15) is 9.59 Å². The van der Waals surface area contributed by atoms with Crippen molar-refractivity contribution in [3.8, 4) is 0 Å². The molecule has 0 bridgehead atoms. The van der Waals surface area contributed by atoms with Crippen LogP contribution in [0.1, 0.15) is 73.2 Å². The van der Waals surface area contributed by atoms with E-state index in [-0.39, 0.29) is 12.2 Å². The molecule has 3 heterocycles. The molecule has 5 aromatic rings. The number of thiazole rings is 1. The zero-order valence-electron chi connectivity index (χ0n) is 26.0. The molecule has 2 aromatic heterocycles. The Hall–Kier alpha value is -4.49. The summed E-state index contributed by atoms with van der Waals surface area (Å²) in [6.07, 6.45) is 2.00. The number of esters is 1. The monoisotopic (exact) mass is 603 g/mol. The Kier molecular flexibility index (Phi) is 7.99. The molecule has 0 unspecified atom stereocenters. The van der Waals surface area contributed by atoms with Crippen LogP contribution in [-0.2, 0) is 16.1 Å². The Morgan fingerprint density at radius 1 is 1.02 bits per heavy atom. The van der Waals surface area contributed by atoms with Crippen molar-refractivity contribution in [1.29, 1.82) is 0 Å². The highest BCUT2D eigenvalue weighted by atomic mass is 32.1. The highest BCUT2D eigenvalue weighted by Crippen LogP contribution is 2.32. The molecular formula is C37H37N3O3S. The van der Waals surface area contributed by atoms with Crippen molar-refractivity contribution in [2.24, 2.45) is 4.99 Å². The van der Waals surface area contributed by atoms with E-state index in [1.54, 1.807) is 11.5 Å². The third-order valence-electron chi connectivity index (χ3n) is 8.42. The summed E-state index contributed by atoms with van der Waals surface area (Å²) < 4.78 is 10.0. The van der Waals surface area contributed by atoms with Crippen molar-refractivity contribution in [2.75, 3.05) is 6.61 Å². The Balaban J connectivity index is 1.56. The zero-order valence-corrected chi connectivity index (χ0v) is 26.9. The fourth-order valence-electron chi connectivity index (χ4n) is 6.08. The summed E-state index contributed by atoms with van der Waals surface area (Å²) in [6.45, 7) is 13.1. The lowest BCUT2D eigenvalue weighted by molar-refractivity contribution is -0.139. The van der Waals surface area contributed by atoms with Gasteiger partial charge < -0.3 is 9.30 Å². The van der Waals surface area contributed by atoms with E-state index in [0.29, 0.717) is 26.5 Å². The van der Waals surface area contributed by atoms with E-state index in [1.807, 2.05) is 31.2 Å². The van der Waals surface area contributed by atoms with Crippen LogP contribution in [0.25, 0.3) is 17.0 Å². The predicted molar refractivity (Wildman–Crippen MR) is 178 cm³/mol. The van der Waals surface area contributed by atoms with Crippen LogP contribution in [0.15, 0.2) is 93.9 Å². The number of ether oxygens (including phenoxy) is 1. The smallest absolute Gasteiger partial charge is 0.338 e. The quantitative estimate of drug-likeness (QED) is 0.199. The fourth-order valence-corrected chi connectivity index (χ4v) is 7.10. The molecule has 44 heavy (non-hydrogen) atoms. The SMILES string of the molecule is CCOC(=O)C1=C(C)N=c2s/c(=C\c3c(C)n(Cc4ccccc4)c4ccc(C)cc34)c(=O)n2[C@@H]1c1ccc(C(C)C)cc1. The maximum atomic E-state index is 14.3. The summed E-state index contributed by atoms with van der Waals surface area (Å²) in [5, 5.41) is 1.11. The van der Waals surface area contributed by atoms with Gasteiger partial charge in [-0.05, 0) is 68.5 Å². The molecule has 1 aliphatic rings. The van der Waals surface area contributed by atoms with Gasteiger partial charge in [-0.3, -0.25) is 9.36 Å². The van der Waals surface area contributed by atoms with E-state index in [0.717, 1.165) is 39.8 Å². The highest BCUT2D eigenvalue weighted by molar-refractivity contribution is 7.07. The summed E-state index contributed by atoms with van der Waals surface area (Å²) in [6, 6.07) is 24.4. The Morgan fingerprint density at radius 3 is 2.43 bits per heavy atom. The van der Waals surface area contributed by atoms with Crippen LogP contribution in [-0.4, -0.2) is 21.7 Å². The van der Waals surface area contributed by atoms with Gasteiger partial charge in [-0.25, -0.2) is 9.79 Å². The highest BCUT2D eigenvalue weighted by Gasteiger charge is 2.33. The van der Waals surface area contributed by atoms with Gasteiger partial charge in [0.15, 0.2) is 4.80 Å². The Labute approximate surface area is 261 Å². The molecule has 6 nitrogen and oxygen atoms in total. The number of hydrogen-bond acceptors (Lipinski definition) is 5. The van der Waals surface area contributed by atoms with E-state index < -0.39 is 12.0 Å². The standard InChI is InChI=1S/C37H37N3O3S/c1-7-43-36(42)33-24(5)38-37-40(34(33)28-16-14-27(15-17-28)22(2)3)35(41)32(44-37)20-29-25(6)39(21-26-11-9-8-10-12-26)31-18-13-23(4)19-30(29)31/h8-20,22,34H,7,21H2,1-6H3/b32-20-/t34-/m1/s1. The van der Waals surface area contributed by atoms with Gasteiger partial charge in [-0.15, -0.1) is 0 Å². The molecule has 3 aromatic carbocycles. The van der Waals surface area contributed by atoms with E-state index in [1.165, 1.54) is 22.5 Å². The van der Waals surface area contributed by atoms with Crippen LogP contribution < -0.4 is 14.9 Å². The summed E-state index contributed by atoms with van der Waals surface area (Å²) in [5.41, 5.74) is 8.44. The lowest BCUT2D eigenvalue weighted by Crippen LogP contribution is -2.40. The molecule has 0 fully saturated rings. The van der Waals surface area contributed by atoms with Crippen molar-refractivity contribution in [3.05, 3.63) is 137 Å². The maximum absolute atomic E-state index is 14.3. The third-order valence-corrected chi connectivity index (χ3v) is 9.41. The predicted octanol–water partition coefficient (Wildman–Crippen LogP) is 6.54. The number of benzene rings is 3. The average molecular weight is 604 g/mol. The van der Waals surface area contributed by atoms with Gasteiger partial charge in [0, 0.05) is 28.7 Å². The molecule has 1 aliphatic heterocycles. The van der Waals surface area contributed by atoms with Crippen molar-refractivity contribution in [2.45, 2.75) is 60.0 Å². The van der Waals surface area contributed by atoms with Crippen LogP contribution in [0.2, 0.25) is 0 Å². The largest absolute Gasteiger partial charge is 0.463 e. The second-order valence-electron chi connectivity index (χ2n) is 11.7. The van der Waals surface area contributed by atoms with Gasteiger partial charge >= 0.3 is 5.97 Å². The van der Waals surface area contributed by atoms with Gasteiger partial charge in [0.2, 0.25) is 0 Å². The van der Waals surface area contributed by atoms with Gasteiger partial charge in [0.25, 0.3) is 5.56 Å². The maximum Gasteiger partial charge on any atom is 0.338 e. The number of nitrogens with zero attached hydrogens (tertiary/aromatic N) is 3. The molecule has 7 heteroatoms. The van der Waals surface area contributed by atoms with Crippen LogP contribution in [0.5, 0.6) is 0 Å². The van der Waals surface area contributed by atoms with Crippen LogP contribution in [0.4, 0.5) is 0 Å². The number of rotatable bonds is 7. The number of aryl methyl sites for hydroxylation is 1. The van der Waals surface area contributed by atoms with Gasteiger partial charge in [-0.2, -0.15) is 0 Å². The molecule has 0 saturated carbocycles. The van der Waals surface area contributed by atoms with Gasteiger partial charge in [0.05, 0.1) is 28.5 Å². The number of aromatic nitrogens is 2. The lowest BCUT2D eigenvalue weighted by atomic mass is 9.93. The Morgan fingerprint density at radius 2 is 1.75 bits per heavy atom. The summed E-state index contributed by atoms with van der Waals surface area (Å²) in [5.74, 6) is -0.0833. The molecule has 0 spiro atoms. The summed E-state index contributed by atoms with van der Waals surface area (Å²) >= 11 is 1.36. The first-order chi connectivity index (χ1) is 21.2. The first-order valence-corrected chi connectivity index (χ1v) is 15.9. The second-order valence-corrected chi connectivity index (χ2v) is 12.7. The first kappa shape index (κ1) is 29.6. The number of fused-ring (bicyclic) bond motifs is 2. The first-order valence-electron chi connectivity index (χ1n) is 15.1. The molecule has 1 atom stereocenters. The molecule has 6 rings (SSSR count). The van der Waals surface area contributed by atoms with E-state index in [4.69, 9.17) is 9.73 Å². The van der Waals surface area contributed by atoms with Crippen molar-refractivity contribution in [1.82, 2.24) is 9.13 Å². The molecule has 0 aliphatic carbocycles. The second kappa shape index (κ2) is 11.9. The Bertz CT molecular complexity index is 2100. The van der Waals surface area contributed by atoms with Crippen LogP contribution in [0.3, 0.4) is 0 Å². The molecule has 0 radical (unpaired) electrons. The average Bonchev–Trinajstić information content (AvgIpc) is 3.45. The zero-order chi connectivity index (χ0) is 31.1. The summed E-state index contributed by atoms with van der Waals surface area (Å²) in [7, 11) is 0. The van der Waals surface area contributed by atoms with Crippen molar-refractivity contribution >= 4 is 34.3 Å².